The highest BCUT2D eigenvalue weighted by Crippen LogP contribution is 2.48. The van der Waals surface area contributed by atoms with Crippen molar-refractivity contribution in [3.8, 4) is 0 Å². The van der Waals surface area contributed by atoms with Gasteiger partial charge in [0.25, 0.3) is 5.91 Å². The first kappa shape index (κ1) is 37.7. The molecule has 2 heterocycles. The minimum atomic E-state index is -3.90. The van der Waals surface area contributed by atoms with Gasteiger partial charge in [-0.25, -0.2) is 13.2 Å². The van der Waals surface area contributed by atoms with Crippen LogP contribution in [-0.2, 0) is 36.4 Å². The van der Waals surface area contributed by atoms with Crippen molar-refractivity contribution in [1.29, 1.82) is 0 Å². The summed E-state index contributed by atoms with van der Waals surface area (Å²) in [4.78, 5) is 58.1. The monoisotopic (exact) mass is 753 g/mol. The molecule has 1 saturated heterocycles. The van der Waals surface area contributed by atoms with Gasteiger partial charge in [0, 0.05) is 29.1 Å². The number of carboxylic acid groups (broad SMARTS) is 1. The lowest BCUT2D eigenvalue weighted by Crippen LogP contribution is -2.58. The second kappa shape index (κ2) is 13.7. The highest BCUT2D eigenvalue weighted by atomic mass is 35.5. The van der Waals surface area contributed by atoms with Crippen LogP contribution in [0.2, 0.25) is 5.02 Å². The van der Waals surface area contributed by atoms with Gasteiger partial charge in [-0.3, -0.25) is 24.0 Å². The minimum Gasteiger partial charge on any atom is -0.465 e. The number of likely N-dealkylation sites (tertiary alicyclic amines) is 1. The third-order valence-electron chi connectivity index (χ3n) is 11.0. The molecule has 4 amide bonds. The third kappa shape index (κ3) is 7.13. The SMILES string of the molecule is C=CC1CC1(NC(=O)[C@@H]1C[C@@H](C2c3cccc(Cl)c3CN2C(=O)O)CN1C(=O)[C@@H](Nc1cccc(C(C)(C)C)c1)C(C)C)C(=O)NS(=O)(=O)C1CC1. The number of nitrogens with zero attached hydrogens (tertiary/aromatic N) is 2. The number of rotatable bonds is 11. The number of benzene rings is 2. The fraction of sp³-hybridized carbons (Fsp3) is 0.526. The van der Waals surface area contributed by atoms with E-state index in [-0.39, 0.29) is 43.2 Å². The van der Waals surface area contributed by atoms with Gasteiger partial charge in [0.15, 0.2) is 0 Å². The zero-order chi connectivity index (χ0) is 37.9. The number of carbonyl (C=O) groups excluding carboxylic acids is 3. The fourth-order valence-electron chi connectivity index (χ4n) is 7.71. The van der Waals surface area contributed by atoms with Crippen LogP contribution in [0.5, 0.6) is 0 Å². The van der Waals surface area contributed by atoms with Gasteiger partial charge >= 0.3 is 6.09 Å². The summed E-state index contributed by atoms with van der Waals surface area (Å²) >= 11 is 6.52. The second-order valence-corrected chi connectivity index (χ2v) is 18.4. The van der Waals surface area contributed by atoms with Crippen molar-refractivity contribution in [2.24, 2.45) is 17.8 Å². The second-order valence-electron chi connectivity index (χ2n) is 16.0. The van der Waals surface area contributed by atoms with E-state index < -0.39 is 68.7 Å². The Morgan fingerprint density at radius 2 is 1.77 bits per heavy atom. The first-order valence-corrected chi connectivity index (χ1v) is 19.8. The molecule has 4 N–H and O–H groups in total. The average molecular weight is 754 g/mol. The molecule has 0 bridgehead atoms. The molecule has 2 saturated carbocycles. The zero-order valence-electron chi connectivity index (χ0n) is 30.2. The van der Waals surface area contributed by atoms with Gasteiger partial charge in [0.1, 0.15) is 17.6 Å². The highest BCUT2D eigenvalue weighted by Gasteiger charge is 2.62. The van der Waals surface area contributed by atoms with E-state index in [1.54, 1.807) is 12.1 Å². The van der Waals surface area contributed by atoms with Crippen LogP contribution >= 0.6 is 11.6 Å². The molecule has 6 atom stereocenters. The number of sulfonamides is 1. The molecule has 2 aromatic carbocycles. The van der Waals surface area contributed by atoms with E-state index in [4.69, 9.17) is 11.6 Å². The molecule has 2 aliphatic heterocycles. The molecular weight excluding hydrogens is 706 g/mol. The molecule has 0 aromatic heterocycles. The van der Waals surface area contributed by atoms with Crippen molar-refractivity contribution < 1.29 is 32.7 Å². The number of hydrogen-bond acceptors (Lipinski definition) is 7. The van der Waals surface area contributed by atoms with Crippen molar-refractivity contribution in [2.45, 2.75) is 101 Å². The van der Waals surface area contributed by atoms with E-state index in [0.717, 1.165) is 16.8 Å². The molecule has 6 rings (SSSR count). The Hall–Kier alpha value is -4.10. The van der Waals surface area contributed by atoms with Gasteiger partial charge in [-0.15, -0.1) is 6.58 Å². The summed E-state index contributed by atoms with van der Waals surface area (Å²) in [7, 11) is -3.90. The van der Waals surface area contributed by atoms with Crippen molar-refractivity contribution in [2.75, 3.05) is 11.9 Å². The lowest BCUT2D eigenvalue weighted by molar-refractivity contribution is -0.140. The van der Waals surface area contributed by atoms with Crippen LogP contribution in [0.15, 0.2) is 55.1 Å². The van der Waals surface area contributed by atoms with E-state index in [9.17, 15) is 32.7 Å². The molecule has 0 spiro atoms. The van der Waals surface area contributed by atoms with Crippen LogP contribution in [0, 0.1) is 17.8 Å². The predicted octanol–water partition coefficient (Wildman–Crippen LogP) is 5.20. The van der Waals surface area contributed by atoms with Crippen LogP contribution in [0.4, 0.5) is 10.5 Å². The normalized spacial score (nSPS) is 26.1. The quantitative estimate of drug-likeness (QED) is 0.228. The van der Waals surface area contributed by atoms with Crippen molar-refractivity contribution in [3.05, 3.63) is 76.8 Å². The molecule has 4 aliphatic rings. The summed E-state index contributed by atoms with van der Waals surface area (Å²) in [6.07, 6.45) is 1.53. The van der Waals surface area contributed by atoms with Crippen LogP contribution in [0.25, 0.3) is 0 Å². The Balaban J connectivity index is 1.33. The summed E-state index contributed by atoms with van der Waals surface area (Å²) in [6.45, 7) is 14.0. The van der Waals surface area contributed by atoms with Gasteiger partial charge in [0.05, 0.1) is 17.8 Å². The van der Waals surface area contributed by atoms with E-state index >= 15 is 0 Å². The van der Waals surface area contributed by atoms with E-state index in [1.807, 2.05) is 44.2 Å². The van der Waals surface area contributed by atoms with Crippen molar-refractivity contribution >= 4 is 51.1 Å². The van der Waals surface area contributed by atoms with Gasteiger partial charge in [0.2, 0.25) is 21.8 Å². The van der Waals surface area contributed by atoms with Gasteiger partial charge in [-0.05, 0) is 71.9 Å². The van der Waals surface area contributed by atoms with Crippen molar-refractivity contribution in [3.63, 3.8) is 0 Å². The number of anilines is 1. The molecule has 2 aromatic rings. The standard InChI is InChI=1S/C38H48ClN5O7S/c1-7-23-18-38(23,35(47)42-52(50,51)26-14-15-26)41-33(45)30-16-22(32-27-12-9-13-29(39)28(27)20-44(32)36(48)49)19-43(30)34(46)31(21(2)3)40-25-11-8-10-24(17-25)37(4,5)6/h7-13,17,21-23,26,30-32,40H,1,14-16,18-20H2,2-6H3,(H,41,45)(H,42,47)(H,48,49)/t22-,23?,30+,31+,32?,38?/m1/s1. The first-order valence-electron chi connectivity index (χ1n) is 17.8. The smallest absolute Gasteiger partial charge is 0.408 e. The number of carbonyl (C=O) groups is 4. The largest absolute Gasteiger partial charge is 0.465 e. The van der Waals surface area contributed by atoms with E-state index in [0.29, 0.717) is 23.4 Å². The maximum Gasteiger partial charge on any atom is 0.408 e. The topological polar surface area (TPSA) is 165 Å². The van der Waals surface area contributed by atoms with Gasteiger partial charge < -0.3 is 20.6 Å². The molecule has 2 aliphatic carbocycles. The molecule has 3 fully saturated rings. The molecule has 12 nitrogen and oxygen atoms in total. The summed E-state index contributed by atoms with van der Waals surface area (Å²) in [5.74, 6) is -3.03. The number of nitrogens with one attached hydrogen (secondary N) is 3. The van der Waals surface area contributed by atoms with E-state index in [2.05, 4.69) is 42.7 Å². The van der Waals surface area contributed by atoms with Gasteiger partial charge in [-0.2, -0.15) is 0 Å². The molecule has 0 radical (unpaired) electrons. The number of amides is 4. The third-order valence-corrected chi connectivity index (χ3v) is 13.2. The zero-order valence-corrected chi connectivity index (χ0v) is 31.8. The fourth-order valence-corrected chi connectivity index (χ4v) is 9.31. The lowest BCUT2D eigenvalue weighted by atomic mass is 9.87. The minimum absolute atomic E-state index is 0.0599. The number of hydrogen-bond donors (Lipinski definition) is 4. The molecule has 3 unspecified atom stereocenters. The molecular formula is C38H48ClN5O7S. The summed E-state index contributed by atoms with van der Waals surface area (Å²) in [5, 5.41) is 16.3. The predicted molar refractivity (Wildman–Crippen MR) is 198 cm³/mol. The Morgan fingerprint density at radius 3 is 2.37 bits per heavy atom. The van der Waals surface area contributed by atoms with Crippen LogP contribution in [-0.4, -0.2) is 76.6 Å². The molecule has 14 heteroatoms. The average Bonchev–Trinajstić information content (AvgIpc) is 3.97. The van der Waals surface area contributed by atoms with E-state index in [1.165, 1.54) is 15.9 Å². The van der Waals surface area contributed by atoms with Crippen molar-refractivity contribution in [1.82, 2.24) is 19.8 Å². The summed E-state index contributed by atoms with van der Waals surface area (Å²) in [6, 6.07) is 10.6. The number of halogens is 1. The Labute approximate surface area is 310 Å². The van der Waals surface area contributed by atoms with Crippen LogP contribution in [0.1, 0.15) is 83.0 Å². The maximum atomic E-state index is 14.7. The lowest BCUT2D eigenvalue weighted by Gasteiger charge is -2.32. The summed E-state index contributed by atoms with van der Waals surface area (Å²) in [5.41, 5.74) is 1.54. The van der Waals surface area contributed by atoms with Crippen LogP contribution in [0.3, 0.4) is 0 Å². The molecule has 280 valence electrons. The highest BCUT2D eigenvalue weighted by molar-refractivity contribution is 7.91. The number of fused-ring (bicyclic) bond motifs is 1. The Bertz CT molecular complexity index is 1910. The Kier molecular flexibility index (Phi) is 9.93. The maximum absolute atomic E-state index is 14.7. The van der Waals surface area contributed by atoms with Gasteiger partial charge in [-0.1, -0.05) is 76.6 Å². The molecule has 52 heavy (non-hydrogen) atoms. The Morgan fingerprint density at radius 1 is 1.08 bits per heavy atom. The summed E-state index contributed by atoms with van der Waals surface area (Å²) < 4.78 is 27.6. The first-order chi connectivity index (χ1) is 24.4. The van der Waals surface area contributed by atoms with Crippen LogP contribution < -0.4 is 15.4 Å².